The number of nitro benzene ring substituents is 1. The summed E-state index contributed by atoms with van der Waals surface area (Å²) < 4.78 is 5.25. The highest BCUT2D eigenvalue weighted by Crippen LogP contribution is 2.22. The van der Waals surface area contributed by atoms with Crippen LogP contribution >= 0.6 is 0 Å². The zero-order valence-corrected chi connectivity index (χ0v) is 11.9. The highest BCUT2D eigenvalue weighted by molar-refractivity contribution is 6.01. The lowest BCUT2D eigenvalue weighted by Crippen LogP contribution is -2.27. The molecule has 114 valence electrons. The molecule has 0 fully saturated rings. The molecule has 8 heteroatoms. The van der Waals surface area contributed by atoms with E-state index < -0.39 is 22.4 Å². The first kappa shape index (κ1) is 16.6. The summed E-state index contributed by atoms with van der Waals surface area (Å²) in [5.41, 5.74) is -1.22. The molecule has 0 radical (unpaired) electrons. The number of aromatic carboxylic acids is 1. The van der Waals surface area contributed by atoms with Crippen LogP contribution in [0.2, 0.25) is 0 Å². The van der Waals surface area contributed by atoms with E-state index in [1.807, 2.05) is 0 Å². The van der Waals surface area contributed by atoms with Gasteiger partial charge in [-0.25, -0.2) is 4.79 Å². The number of carbonyl (C=O) groups is 2. The Labute approximate surface area is 120 Å². The molecule has 21 heavy (non-hydrogen) atoms. The van der Waals surface area contributed by atoms with Gasteiger partial charge in [0.15, 0.2) is 0 Å². The first-order valence-corrected chi connectivity index (χ1v) is 6.05. The highest BCUT2D eigenvalue weighted by Gasteiger charge is 2.18. The molecule has 1 amide bonds. The number of carboxylic acids is 1. The molecule has 0 unspecified atom stereocenters. The van der Waals surface area contributed by atoms with E-state index in [4.69, 9.17) is 9.84 Å². The lowest BCUT2D eigenvalue weighted by atomic mass is 10.1. The summed E-state index contributed by atoms with van der Waals surface area (Å²) in [4.78, 5) is 32.8. The van der Waals surface area contributed by atoms with Gasteiger partial charge < -0.3 is 15.2 Å². The first-order chi connectivity index (χ1) is 9.60. The van der Waals surface area contributed by atoms with Gasteiger partial charge in [0.05, 0.1) is 21.8 Å². The average Bonchev–Trinajstić information content (AvgIpc) is 2.35. The van der Waals surface area contributed by atoms with E-state index in [9.17, 15) is 19.7 Å². The van der Waals surface area contributed by atoms with Crippen molar-refractivity contribution in [3.05, 3.63) is 33.9 Å². The number of anilines is 1. The number of non-ortho nitro benzene ring substituents is 1. The van der Waals surface area contributed by atoms with Gasteiger partial charge in [-0.2, -0.15) is 0 Å². The number of nitro groups is 1. The van der Waals surface area contributed by atoms with Crippen LogP contribution in [0.1, 0.15) is 31.1 Å². The van der Waals surface area contributed by atoms with Gasteiger partial charge >= 0.3 is 5.97 Å². The van der Waals surface area contributed by atoms with Gasteiger partial charge in [-0.05, 0) is 26.8 Å². The minimum atomic E-state index is -1.29. The van der Waals surface area contributed by atoms with Gasteiger partial charge in [-0.15, -0.1) is 0 Å². The molecule has 0 aliphatic rings. The predicted octanol–water partition coefficient (Wildman–Crippen LogP) is 2.05. The second-order valence-electron chi connectivity index (χ2n) is 5.24. The van der Waals surface area contributed by atoms with E-state index in [1.165, 1.54) is 0 Å². The molecular formula is C13H16N2O6. The summed E-state index contributed by atoms with van der Waals surface area (Å²) >= 11 is 0. The van der Waals surface area contributed by atoms with Crippen LogP contribution in [0.4, 0.5) is 11.4 Å². The number of rotatable bonds is 5. The number of ether oxygens (including phenoxy) is 1. The average molecular weight is 296 g/mol. The van der Waals surface area contributed by atoms with Gasteiger partial charge in [0, 0.05) is 12.1 Å². The lowest BCUT2D eigenvalue weighted by molar-refractivity contribution is -0.384. The van der Waals surface area contributed by atoms with E-state index in [0.717, 1.165) is 18.2 Å². The van der Waals surface area contributed by atoms with Crippen molar-refractivity contribution in [3.8, 4) is 0 Å². The Bertz CT molecular complexity index is 577. The number of carboxylic acid groups (broad SMARTS) is 1. The SMILES string of the molecule is CC(C)(C)OCC(=O)Nc1cc([N+](=O)[O-])ccc1C(=O)O. The third kappa shape index (κ3) is 5.19. The molecule has 2 N–H and O–H groups in total. The Morgan fingerprint density at radius 2 is 2.00 bits per heavy atom. The zero-order chi connectivity index (χ0) is 16.2. The topological polar surface area (TPSA) is 119 Å². The van der Waals surface area contributed by atoms with Crippen molar-refractivity contribution in [2.45, 2.75) is 26.4 Å². The van der Waals surface area contributed by atoms with Crippen LogP contribution in [-0.2, 0) is 9.53 Å². The molecule has 0 heterocycles. The zero-order valence-electron chi connectivity index (χ0n) is 11.9. The third-order valence-electron chi connectivity index (χ3n) is 2.35. The molecule has 0 aromatic heterocycles. The number of benzene rings is 1. The number of nitrogens with zero attached hydrogens (tertiary/aromatic N) is 1. The number of amides is 1. The summed E-state index contributed by atoms with van der Waals surface area (Å²) in [7, 11) is 0. The third-order valence-corrected chi connectivity index (χ3v) is 2.35. The first-order valence-electron chi connectivity index (χ1n) is 6.05. The summed E-state index contributed by atoms with van der Waals surface area (Å²) in [6, 6.07) is 3.13. The molecule has 8 nitrogen and oxygen atoms in total. The largest absolute Gasteiger partial charge is 0.478 e. The lowest BCUT2D eigenvalue weighted by Gasteiger charge is -2.19. The van der Waals surface area contributed by atoms with Crippen LogP contribution in [0.15, 0.2) is 18.2 Å². The monoisotopic (exact) mass is 296 g/mol. The van der Waals surface area contributed by atoms with Crippen molar-refractivity contribution in [2.24, 2.45) is 0 Å². The maximum atomic E-state index is 11.7. The van der Waals surface area contributed by atoms with Crippen molar-refractivity contribution < 1.29 is 24.4 Å². The molecule has 0 saturated heterocycles. The molecule has 0 saturated carbocycles. The Kier molecular flexibility index (Phi) is 4.98. The van der Waals surface area contributed by atoms with Gasteiger partial charge in [0.25, 0.3) is 5.69 Å². The number of hydrogen-bond donors (Lipinski definition) is 2. The predicted molar refractivity (Wildman–Crippen MR) is 74.4 cm³/mol. The maximum Gasteiger partial charge on any atom is 0.337 e. The molecule has 0 atom stereocenters. The quantitative estimate of drug-likeness (QED) is 0.634. The van der Waals surface area contributed by atoms with E-state index >= 15 is 0 Å². The second-order valence-corrected chi connectivity index (χ2v) is 5.24. The van der Waals surface area contributed by atoms with E-state index in [-0.39, 0.29) is 23.5 Å². The van der Waals surface area contributed by atoms with Crippen molar-refractivity contribution in [1.29, 1.82) is 0 Å². The Balaban J connectivity index is 2.94. The highest BCUT2D eigenvalue weighted by atomic mass is 16.6. The minimum Gasteiger partial charge on any atom is -0.478 e. The van der Waals surface area contributed by atoms with Gasteiger partial charge in [-0.1, -0.05) is 0 Å². The fourth-order valence-corrected chi connectivity index (χ4v) is 1.40. The van der Waals surface area contributed by atoms with Crippen molar-refractivity contribution >= 4 is 23.3 Å². The fourth-order valence-electron chi connectivity index (χ4n) is 1.40. The molecule has 0 spiro atoms. The van der Waals surface area contributed by atoms with E-state index in [2.05, 4.69) is 5.32 Å². The Hall–Kier alpha value is -2.48. The molecule has 0 aliphatic heterocycles. The molecular weight excluding hydrogens is 280 g/mol. The van der Waals surface area contributed by atoms with Crippen molar-refractivity contribution in [2.75, 3.05) is 11.9 Å². The Morgan fingerprint density at radius 3 is 2.48 bits per heavy atom. The summed E-state index contributed by atoms with van der Waals surface area (Å²) in [6.45, 7) is 4.99. The van der Waals surface area contributed by atoms with Gasteiger partial charge in [0.2, 0.25) is 5.91 Å². The molecule has 1 aromatic carbocycles. The smallest absolute Gasteiger partial charge is 0.337 e. The minimum absolute atomic E-state index is 0.140. The van der Waals surface area contributed by atoms with E-state index in [0.29, 0.717) is 0 Å². The fraction of sp³-hybridized carbons (Fsp3) is 0.385. The normalized spacial score (nSPS) is 11.0. The van der Waals surface area contributed by atoms with Crippen LogP contribution < -0.4 is 5.32 Å². The number of carbonyl (C=O) groups excluding carboxylic acids is 1. The summed E-state index contributed by atoms with van der Waals surface area (Å²) in [5, 5.41) is 22.0. The van der Waals surface area contributed by atoms with Crippen molar-refractivity contribution in [1.82, 2.24) is 0 Å². The standard InChI is InChI=1S/C13H16N2O6/c1-13(2,3)21-7-11(16)14-10-6-8(15(19)20)4-5-9(10)12(17)18/h4-6H,7H2,1-3H3,(H,14,16)(H,17,18). The van der Waals surface area contributed by atoms with Crippen molar-refractivity contribution in [3.63, 3.8) is 0 Å². The number of nitrogens with one attached hydrogen (secondary N) is 1. The van der Waals surface area contributed by atoms with E-state index in [1.54, 1.807) is 20.8 Å². The van der Waals surface area contributed by atoms with Gasteiger partial charge in [-0.3, -0.25) is 14.9 Å². The molecule has 0 aliphatic carbocycles. The number of hydrogen-bond acceptors (Lipinski definition) is 5. The Morgan fingerprint density at radius 1 is 1.38 bits per heavy atom. The van der Waals surface area contributed by atoms with Gasteiger partial charge in [0.1, 0.15) is 6.61 Å². The maximum absolute atomic E-state index is 11.7. The van der Waals surface area contributed by atoms with Crippen LogP contribution in [-0.4, -0.2) is 34.1 Å². The summed E-state index contributed by atoms with van der Waals surface area (Å²) in [5.74, 6) is -1.88. The second kappa shape index (κ2) is 6.31. The molecule has 1 aromatic rings. The molecule has 1 rings (SSSR count). The van der Waals surface area contributed by atoms with Crippen LogP contribution in [0.5, 0.6) is 0 Å². The summed E-state index contributed by atoms with van der Waals surface area (Å²) in [6.07, 6.45) is 0. The van der Waals surface area contributed by atoms with Crippen LogP contribution in [0.3, 0.4) is 0 Å². The molecule has 0 bridgehead atoms. The van der Waals surface area contributed by atoms with Crippen LogP contribution in [0, 0.1) is 10.1 Å². The van der Waals surface area contributed by atoms with Crippen LogP contribution in [0.25, 0.3) is 0 Å².